The molecule has 0 spiro atoms. The van der Waals surface area contributed by atoms with E-state index in [0.717, 1.165) is 14.8 Å². The van der Waals surface area contributed by atoms with Crippen molar-refractivity contribution in [2.24, 2.45) is 4.99 Å². The Labute approximate surface area is 168 Å². The van der Waals surface area contributed by atoms with E-state index >= 15 is 0 Å². The Bertz CT molecular complexity index is 1170. The molecule has 2 aromatic heterocycles. The van der Waals surface area contributed by atoms with Gasteiger partial charge in [-0.25, -0.2) is 9.98 Å². The van der Waals surface area contributed by atoms with Crippen LogP contribution in [0.15, 0.2) is 77.9 Å². The molecule has 0 amide bonds. The van der Waals surface area contributed by atoms with Crippen LogP contribution in [0.4, 0.5) is 11.5 Å². The van der Waals surface area contributed by atoms with Gasteiger partial charge in [0.2, 0.25) is 0 Å². The van der Waals surface area contributed by atoms with Gasteiger partial charge in [-0.3, -0.25) is 14.5 Å². The quantitative estimate of drug-likeness (QED) is 0.177. The van der Waals surface area contributed by atoms with Crippen LogP contribution >= 0.6 is 22.6 Å². The zero-order valence-corrected chi connectivity index (χ0v) is 16.1. The number of halogens is 1. The fourth-order valence-electron chi connectivity index (χ4n) is 2.75. The number of benzene rings is 2. The standard InChI is InChI=1S/C20H13IN4O2/c21-16-9-7-14(8-10-16)13-22-20-19(23-18-6-1-2-11-24(18)20)15-4-3-5-17(12-15)25(26)27/h1-13H/b22-13+. The average molecular weight is 468 g/mol. The molecule has 0 unspecified atom stereocenters. The van der Waals surface area contributed by atoms with E-state index in [-0.39, 0.29) is 5.69 Å². The molecule has 4 rings (SSSR count). The predicted octanol–water partition coefficient (Wildman–Crippen LogP) is 5.26. The number of hydrogen-bond donors (Lipinski definition) is 0. The molecule has 4 aromatic rings. The Morgan fingerprint density at radius 2 is 1.89 bits per heavy atom. The molecule has 0 fully saturated rings. The van der Waals surface area contributed by atoms with Crippen molar-refractivity contribution in [3.05, 3.63) is 92.2 Å². The molecule has 0 atom stereocenters. The van der Waals surface area contributed by atoms with Gasteiger partial charge in [-0.05, 0) is 52.4 Å². The van der Waals surface area contributed by atoms with Crippen LogP contribution in [0.2, 0.25) is 0 Å². The number of pyridine rings is 1. The minimum Gasteiger partial charge on any atom is -0.284 e. The second kappa shape index (κ2) is 7.28. The molecule has 2 heterocycles. The highest BCUT2D eigenvalue weighted by molar-refractivity contribution is 14.1. The zero-order valence-electron chi connectivity index (χ0n) is 14.0. The van der Waals surface area contributed by atoms with E-state index in [1.165, 1.54) is 12.1 Å². The van der Waals surface area contributed by atoms with Crippen molar-refractivity contribution in [1.82, 2.24) is 9.38 Å². The summed E-state index contributed by atoms with van der Waals surface area (Å²) in [4.78, 5) is 20.0. The summed E-state index contributed by atoms with van der Waals surface area (Å²) in [6, 6.07) is 20.1. The third-order valence-corrected chi connectivity index (χ3v) is 4.76. The van der Waals surface area contributed by atoms with Gasteiger partial charge in [0.25, 0.3) is 5.69 Å². The number of aromatic nitrogens is 2. The first-order valence-corrected chi connectivity index (χ1v) is 9.21. The molecule has 2 aromatic carbocycles. The van der Waals surface area contributed by atoms with Crippen LogP contribution in [0.25, 0.3) is 16.9 Å². The van der Waals surface area contributed by atoms with Crippen LogP contribution in [0, 0.1) is 13.7 Å². The summed E-state index contributed by atoms with van der Waals surface area (Å²) in [5.41, 5.74) is 2.98. The molecule has 0 saturated carbocycles. The summed E-state index contributed by atoms with van der Waals surface area (Å²) in [6.07, 6.45) is 3.65. The monoisotopic (exact) mass is 468 g/mol. The van der Waals surface area contributed by atoms with Gasteiger partial charge in [0.1, 0.15) is 11.3 Å². The highest BCUT2D eigenvalue weighted by atomic mass is 127. The molecule has 0 aliphatic carbocycles. The topological polar surface area (TPSA) is 72.8 Å². The van der Waals surface area contributed by atoms with E-state index in [1.54, 1.807) is 18.3 Å². The second-order valence-corrected chi connectivity index (χ2v) is 7.08. The normalized spacial score (nSPS) is 11.3. The minimum atomic E-state index is -0.409. The number of nitrogens with zero attached hydrogens (tertiary/aromatic N) is 4. The van der Waals surface area contributed by atoms with Crippen LogP contribution in [-0.4, -0.2) is 20.5 Å². The maximum Gasteiger partial charge on any atom is 0.270 e. The molecule has 7 heteroatoms. The smallest absolute Gasteiger partial charge is 0.270 e. The maximum absolute atomic E-state index is 11.1. The first-order chi connectivity index (χ1) is 13.1. The number of aliphatic imine (C=N–C) groups is 1. The van der Waals surface area contributed by atoms with Crippen molar-refractivity contribution < 1.29 is 4.92 Å². The molecule has 0 N–H and O–H groups in total. The largest absolute Gasteiger partial charge is 0.284 e. The highest BCUT2D eigenvalue weighted by Gasteiger charge is 2.15. The van der Waals surface area contributed by atoms with Crippen molar-refractivity contribution in [3.8, 4) is 11.3 Å². The lowest BCUT2D eigenvalue weighted by Crippen LogP contribution is -1.89. The molecular formula is C20H13IN4O2. The van der Waals surface area contributed by atoms with Crippen LogP contribution in [-0.2, 0) is 0 Å². The summed E-state index contributed by atoms with van der Waals surface area (Å²) in [6.45, 7) is 0. The van der Waals surface area contributed by atoms with Crippen molar-refractivity contribution in [1.29, 1.82) is 0 Å². The van der Waals surface area contributed by atoms with E-state index < -0.39 is 4.92 Å². The van der Waals surface area contributed by atoms with E-state index in [0.29, 0.717) is 17.1 Å². The SMILES string of the molecule is O=[N+]([O-])c1cccc(-c2nc3ccccn3c2/N=C/c2ccc(I)cc2)c1. The molecule has 132 valence electrons. The lowest BCUT2D eigenvalue weighted by Gasteiger charge is -2.01. The Kier molecular flexibility index (Phi) is 4.68. The van der Waals surface area contributed by atoms with Gasteiger partial charge in [-0.15, -0.1) is 0 Å². The summed E-state index contributed by atoms with van der Waals surface area (Å²) in [5.74, 6) is 0.629. The predicted molar refractivity (Wildman–Crippen MR) is 114 cm³/mol. The number of hydrogen-bond acceptors (Lipinski definition) is 4. The molecular weight excluding hydrogens is 455 g/mol. The van der Waals surface area contributed by atoms with Gasteiger partial charge in [0.05, 0.1) is 4.92 Å². The van der Waals surface area contributed by atoms with E-state index in [4.69, 9.17) is 0 Å². The van der Waals surface area contributed by atoms with Crippen molar-refractivity contribution in [2.45, 2.75) is 0 Å². The van der Waals surface area contributed by atoms with Crippen LogP contribution in [0.3, 0.4) is 0 Å². The van der Waals surface area contributed by atoms with Gasteiger partial charge >= 0.3 is 0 Å². The number of fused-ring (bicyclic) bond motifs is 1. The number of nitro groups is 1. The van der Waals surface area contributed by atoms with Gasteiger partial charge < -0.3 is 0 Å². The Morgan fingerprint density at radius 1 is 1.07 bits per heavy atom. The Morgan fingerprint density at radius 3 is 2.67 bits per heavy atom. The van der Waals surface area contributed by atoms with E-state index in [9.17, 15) is 10.1 Å². The summed E-state index contributed by atoms with van der Waals surface area (Å²) in [5, 5.41) is 11.1. The second-order valence-electron chi connectivity index (χ2n) is 5.83. The summed E-state index contributed by atoms with van der Waals surface area (Å²) >= 11 is 2.25. The molecule has 0 aliphatic rings. The first-order valence-electron chi connectivity index (χ1n) is 8.13. The van der Waals surface area contributed by atoms with Crippen molar-refractivity contribution in [3.63, 3.8) is 0 Å². The molecule has 0 saturated heterocycles. The molecule has 0 radical (unpaired) electrons. The Balaban J connectivity index is 1.86. The molecule has 0 aliphatic heterocycles. The summed E-state index contributed by atoms with van der Waals surface area (Å²) < 4.78 is 3.02. The molecule has 27 heavy (non-hydrogen) atoms. The zero-order chi connectivity index (χ0) is 18.8. The number of rotatable bonds is 4. The third kappa shape index (κ3) is 3.59. The maximum atomic E-state index is 11.1. The van der Waals surface area contributed by atoms with Gasteiger partial charge in [0.15, 0.2) is 5.82 Å². The van der Waals surface area contributed by atoms with Crippen LogP contribution in [0.1, 0.15) is 5.56 Å². The number of non-ortho nitro benzene ring substituents is 1. The third-order valence-electron chi connectivity index (χ3n) is 4.04. The number of imidazole rings is 1. The highest BCUT2D eigenvalue weighted by Crippen LogP contribution is 2.32. The lowest BCUT2D eigenvalue weighted by atomic mass is 10.1. The van der Waals surface area contributed by atoms with Crippen molar-refractivity contribution >= 4 is 46.0 Å². The summed E-state index contributed by atoms with van der Waals surface area (Å²) in [7, 11) is 0. The van der Waals surface area contributed by atoms with E-state index in [2.05, 4.69) is 32.6 Å². The van der Waals surface area contributed by atoms with Crippen molar-refractivity contribution in [2.75, 3.05) is 0 Å². The fourth-order valence-corrected chi connectivity index (χ4v) is 3.11. The van der Waals surface area contributed by atoms with Crippen LogP contribution in [0.5, 0.6) is 0 Å². The lowest BCUT2D eigenvalue weighted by molar-refractivity contribution is -0.384. The minimum absolute atomic E-state index is 0.0251. The Hall–Kier alpha value is -3.07. The fraction of sp³-hybridized carbons (Fsp3) is 0. The average Bonchev–Trinajstić information content (AvgIpc) is 3.06. The van der Waals surface area contributed by atoms with Crippen LogP contribution < -0.4 is 0 Å². The van der Waals surface area contributed by atoms with Gasteiger partial charge in [0, 0.05) is 33.7 Å². The first kappa shape index (κ1) is 17.3. The molecule has 6 nitrogen and oxygen atoms in total. The van der Waals surface area contributed by atoms with E-state index in [1.807, 2.05) is 53.1 Å². The molecule has 0 bridgehead atoms. The number of nitro benzene ring substituents is 1. The van der Waals surface area contributed by atoms with Gasteiger partial charge in [-0.2, -0.15) is 0 Å². The van der Waals surface area contributed by atoms with Gasteiger partial charge in [-0.1, -0.05) is 30.3 Å².